The molecule has 2 amide bonds. The van der Waals surface area contributed by atoms with Gasteiger partial charge in [-0.25, -0.2) is 0 Å². The lowest BCUT2D eigenvalue weighted by Crippen LogP contribution is -2.46. The molecule has 0 spiro atoms. The summed E-state index contributed by atoms with van der Waals surface area (Å²) in [5.74, 6) is 1.40. The van der Waals surface area contributed by atoms with Crippen LogP contribution in [0.3, 0.4) is 0 Å². The predicted molar refractivity (Wildman–Crippen MR) is 107 cm³/mol. The summed E-state index contributed by atoms with van der Waals surface area (Å²) in [6, 6.07) is 14.3. The average molecular weight is 382 g/mol. The fourth-order valence-electron chi connectivity index (χ4n) is 3.28. The van der Waals surface area contributed by atoms with Crippen molar-refractivity contribution in [3.63, 3.8) is 0 Å². The molecule has 1 aliphatic rings. The molecule has 0 atom stereocenters. The molecule has 6 nitrogen and oxygen atoms in total. The van der Waals surface area contributed by atoms with Gasteiger partial charge >= 0.3 is 0 Å². The summed E-state index contributed by atoms with van der Waals surface area (Å²) in [7, 11) is 1.59. The highest BCUT2D eigenvalue weighted by Gasteiger charge is 2.25. The highest BCUT2D eigenvalue weighted by atomic mass is 16.5. The average Bonchev–Trinajstić information content (AvgIpc) is 2.74. The maximum absolute atomic E-state index is 12.7. The molecule has 0 aliphatic carbocycles. The first kappa shape index (κ1) is 19.7. The predicted octanol–water partition coefficient (Wildman–Crippen LogP) is 3.13. The maximum atomic E-state index is 12.7. The largest absolute Gasteiger partial charge is 0.497 e. The molecule has 2 aromatic rings. The number of hydrogen-bond acceptors (Lipinski definition) is 4. The number of carbonyl (C=O) groups excluding carboxylic acids is 2. The number of rotatable bonds is 6. The molecular formula is C22H26N2O4. The summed E-state index contributed by atoms with van der Waals surface area (Å²) in [6.45, 7) is 3.78. The van der Waals surface area contributed by atoms with Gasteiger partial charge in [-0.1, -0.05) is 0 Å². The van der Waals surface area contributed by atoms with Crippen molar-refractivity contribution < 1.29 is 19.1 Å². The van der Waals surface area contributed by atoms with E-state index in [9.17, 15) is 9.59 Å². The van der Waals surface area contributed by atoms with E-state index in [0.717, 1.165) is 24.3 Å². The van der Waals surface area contributed by atoms with Crippen molar-refractivity contribution in [2.45, 2.75) is 25.8 Å². The Balaban J connectivity index is 1.50. The van der Waals surface area contributed by atoms with Gasteiger partial charge in [0.2, 0.25) is 0 Å². The quantitative estimate of drug-likeness (QED) is 0.834. The number of benzene rings is 2. The van der Waals surface area contributed by atoms with Crippen LogP contribution in [0.2, 0.25) is 0 Å². The van der Waals surface area contributed by atoms with Gasteiger partial charge in [-0.05, 0) is 68.3 Å². The monoisotopic (exact) mass is 382 g/mol. The zero-order valence-corrected chi connectivity index (χ0v) is 16.3. The summed E-state index contributed by atoms with van der Waals surface area (Å²) < 4.78 is 10.5. The van der Waals surface area contributed by atoms with E-state index in [-0.39, 0.29) is 17.9 Å². The van der Waals surface area contributed by atoms with Crippen molar-refractivity contribution in [2.75, 3.05) is 26.8 Å². The SMILES string of the molecule is CCOc1ccc(C(=O)N2CCC(NC(=O)c3ccc(OC)cc3)CC2)cc1. The molecule has 6 heteroatoms. The van der Waals surface area contributed by atoms with E-state index in [4.69, 9.17) is 9.47 Å². The minimum atomic E-state index is -0.0982. The van der Waals surface area contributed by atoms with E-state index in [1.54, 1.807) is 43.5 Å². The first-order valence-electron chi connectivity index (χ1n) is 9.57. The van der Waals surface area contributed by atoms with Crippen molar-refractivity contribution in [2.24, 2.45) is 0 Å². The number of nitrogens with zero attached hydrogens (tertiary/aromatic N) is 1. The Bertz CT molecular complexity index is 794. The third-order valence-electron chi connectivity index (χ3n) is 4.88. The maximum Gasteiger partial charge on any atom is 0.253 e. The Morgan fingerprint density at radius 1 is 0.964 bits per heavy atom. The smallest absolute Gasteiger partial charge is 0.253 e. The van der Waals surface area contributed by atoms with Gasteiger partial charge in [0.15, 0.2) is 0 Å². The topological polar surface area (TPSA) is 67.9 Å². The molecular weight excluding hydrogens is 356 g/mol. The Hall–Kier alpha value is -3.02. The zero-order valence-electron chi connectivity index (χ0n) is 16.3. The minimum absolute atomic E-state index is 0.0166. The molecule has 0 bridgehead atoms. The molecule has 1 fully saturated rings. The zero-order chi connectivity index (χ0) is 19.9. The van der Waals surface area contributed by atoms with Crippen molar-refractivity contribution in [1.29, 1.82) is 0 Å². The molecule has 1 N–H and O–H groups in total. The Morgan fingerprint density at radius 3 is 2.11 bits per heavy atom. The first-order valence-corrected chi connectivity index (χ1v) is 9.57. The molecule has 0 radical (unpaired) electrons. The van der Waals surface area contributed by atoms with Gasteiger partial charge in [0.05, 0.1) is 13.7 Å². The summed E-state index contributed by atoms with van der Waals surface area (Å²) in [5, 5.41) is 3.06. The van der Waals surface area contributed by atoms with Crippen LogP contribution in [0.1, 0.15) is 40.5 Å². The van der Waals surface area contributed by atoms with E-state index < -0.39 is 0 Å². The first-order chi connectivity index (χ1) is 13.6. The van der Waals surface area contributed by atoms with E-state index in [1.165, 1.54) is 0 Å². The van der Waals surface area contributed by atoms with Crippen molar-refractivity contribution in [3.8, 4) is 11.5 Å². The number of ether oxygens (including phenoxy) is 2. The number of hydrogen-bond donors (Lipinski definition) is 1. The van der Waals surface area contributed by atoms with Crippen LogP contribution in [0.5, 0.6) is 11.5 Å². The van der Waals surface area contributed by atoms with Gasteiger partial charge in [0, 0.05) is 30.3 Å². The molecule has 1 heterocycles. The molecule has 1 saturated heterocycles. The molecule has 148 valence electrons. The van der Waals surface area contributed by atoms with Crippen molar-refractivity contribution in [3.05, 3.63) is 59.7 Å². The second-order valence-corrected chi connectivity index (χ2v) is 6.73. The van der Waals surface area contributed by atoms with Crippen LogP contribution in [0, 0.1) is 0 Å². The number of methoxy groups -OCH3 is 1. The van der Waals surface area contributed by atoms with Crippen LogP contribution in [0.4, 0.5) is 0 Å². The Morgan fingerprint density at radius 2 is 1.54 bits per heavy atom. The fraction of sp³-hybridized carbons (Fsp3) is 0.364. The molecule has 0 saturated carbocycles. The lowest BCUT2D eigenvalue weighted by atomic mass is 10.0. The minimum Gasteiger partial charge on any atom is -0.497 e. The highest BCUT2D eigenvalue weighted by molar-refractivity contribution is 5.95. The van der Waals surface area contributed by atoms with Crippen molar-refractivity contribution >= 4 is 11.8 Å². The molecule has 28 heavy (non-hydrogen) atoms. The molecule has 0 unspecified atom stereocenters. The lowest BCUT2D eigenvalue weighted by Gasteiger charge is -2.32. The second kappa shape index (κ2) is 9.26. The Kier molecular flexibility index (Phi) is 6.53. The third-order valence-corrected chi connectivity index (χ3v) is 4.88. The van der Waals surface area contributed by atoms with Gasteiger partial charge in [0.25, 0.3) is 11.8 Å². The normalized spacial score (nSPS) is 14.4. The summed E-state index contributed by atoms with van der Waals surface area (Å²) in [6.07, 6.45) is 1.48. The van der Waals surface area contributed by atoms with E-state index in [1.807, 2.05) is 24.0 Å². The summed E-state index contributed by atoms with van der Waals surface area (Å²) in [4.78, 5) is 26.9. The number of likely N-dealkylation sites (tertiary alicyclic amines) is 1. The number of amides is 2. The summed E-state index contributed by atoms with van der Waals surface area (Å²) in [5.41, 5.74) is 1.26. The van der Waals surface area contributed by atoms with Crippen LogP contribution in [0.25, 0.3) is 0 Å². The molecule has 0 aromatic heterocycles. The third kappa shape index (κ3) is 4.82. The highest BCUT2D eigenvalue weighted by Crippen LogP contribution is 2.18. The lowest BCUT2D eigenvalue weighted by molar-refractivity contribution is 0.0698. The van der Waals surface area contributed by atoms with Crippen LogP contribution in [-0.4, -0.2) is 49.6 Å². The van der Waals surface area contributed by atoms with Gasteiger partial charge in [-0.3, -0.25) is 9.59 Å². The van der Waals surface area contributed by atoms with Crippen molar-refractivity contribution in [1.82, 2.24) is 10.2 Å². The molecule has 3 rings (SSSR count). The van der Waals surface area contributed by atoms with Gasteiger partial charge in [-0.2, -0.15) is 0 Å². The standard InChI is InChI=1S/C22H26N2O4/c1-3-28-20-10-6-17(7-11-20)22(26)24-14-12-18(13-15-24)23-21(25)16-4-8-19(27-2)9-5-16/h4-11,18H,3,12-15H2,1-2H3,(H,23,25). The Labute approximate surface area is 165 Å². The number of carbonyl (C=O) groups is 2. The van der Waals surface area contributed by atoms with Gasteiger partial charge in [-0.15, -0.1) is 0 Å². The molecule has 2 aromatic carbocycles. The van der Waals surface area contributed by atoms with Crippen LogP contribution in [0.15, 0.2) is 48.5 Å². The van der Waals surface area contributed by atoms with Crippen LogP contribution >= 0.6 is 0 Å². The fourth-order valence-corrected chi connectivity index (χ4v) is 3.28. The van der Waals surface area contributed by atoms with Crippen LogP contribution in [-0.2, 0) is 0 Å². The summed E-state index contributed by atoms with van der Waals surface area (Å²) >= 11 is 0. The molecule has 1 aliphatic heterocycles. The van der Waals surface area contributed by atoms with E-state index in [0.29, 0.717) is 30.8 Å². The van der Waals surface area contributed by atoms with E-state index in [2.05, 4.69) is 5.32 Å². The van der Waals surface area contributed by atoms with Crippen LogP contribution < -0.4 is 14.8 Å². The second-order valence-electron chi connectivity index (χ2n) is 6.73. The number of piperidine rings is 1. The van der Waals surface area contributed by atoms with E-state index >= 15 is 0 Å². The van der Waals surface area contributed by atoms with Gasteiger partial charge in [0.1, 0.15) is 11.5 Å². The van der Waals surface area contributed by atoms with Gasteiger partial charge < -0.3 is 19.7 Å². The number of nitrogens with one attached hydrogen (secondary N) is 1.